The molecule has 1 saturated carbocycles. The Morgan fingerprint density at radius 1 is 1.25 bits per heavy atom. The number of fused-ring (bicyclic) bond motifs is 2. The van der Waals surface area contributed by atoms with Crippen molar-refractivity contribution in [2.75, 3.05) is 13.1 Å². The van der Waals surface area contributed by atoms with Crippen LogP contribution in [-0.2, 0) is 0 Å². The molecule has 0 N–H and O–H groups in total. The van der Waals surface area contributed by atoms with E-state index in [1.54, 1.807) is 0 Å². The zero-order valence-electron chi connectivity index (χ0n) is 7.56. The van der Waals surface area contributed by atoms with Crippen molar-refractivity contribution in [3.63, 3.8) is 0 Å². The zero-order chi connectivity index (χ0) is 8.93. The maximum atomic E-state index is 13.1. The Morgan fingerprint density at radius 3 is 2.08 bits per heavy atom. The molecule has 1 nitrogen and oxygen atoms in total. The summed E-state index contributed by atoms with van der Waals surface area (Å²) < 4.78 is 26.1. The lowest BCUT2D eigenvalue weighted by atomic mass is 9.67. The maximum Gasteiger partial charge on any atom is 0.256 e. The van der Waals surface area contributed by atoms with Crippen molar-refractivity contribution >= 4 is 0 Å². The van der Waals surface area contributed by atoms with Gasteiger partial charge in [-0.05, 0) is 20.3 Å². The van der Waals surface area contributed by atoms with E-state index in [1.165, 1.54) is 0 Å². The third kappa shape index (κ3) is 0.987. The molecule has 2 heterocycles. The van der Waals surface area contributed by atoms with Crippen LogP contribution in [0.5, 0.6) is 0 Å². The Balaban J connectivity index is 2.01. The van der Waals surface area contributed by atoms with Crippen LogP contribution in [0.1, 0.15) is 20.3 Å². The highest BCUT2D eigenvalue weighted by Crippen LogP contribution is 2.52. The Morgan fingerprint density at radius 2 is 1.75 bits per heavy atom. The molecular weight excluding hydrogens is 160 g/mol. The van der Waals surface area contributed by atoms with Crippen LogP contribution in [0, 0.1) is 11.8 Å². The third-order valence-corrected chi connectivity index (χ3v) is 3.30. The molecule has 0 aromatic carbocycles. The summed E-state index contributed by atoms with van der Waals surface area (Å²) in [6.07, 6.45) is 0.746. The molecule has 3 rings (SSSR count). The van der Waals surface area contributed by atoms with Crippen molar-refractivity contribution in [2.24, 2.45) is 11.8 Å². The highest BCUT2D eigenvalue weighted by Gasteiger charge is 2.60. The van der Waals surface area contributed by atoms with Gasteiger partial charge in [0.1, 0.15) is 0 Å². The largest absolute Gasteiger partial charge is 0.300 e. The van der Waals surface area contributed by atoms with Gasteiger partial charge in [-0.2, -0.15) is 0 Å². The quantitative estimate of drug-likeness (QED) is 0.589. The minimum absolute atomic E-state index is 0.348. The van der Waals surface area contributed by atoms with E-state index in [4.69, 9.17) is 0 Å². The van der Waals surface area contributed by atoms with Gasteiger partial charge < -0.3 is 0 Å². The average molecular weight is 175 g/mol. The summed E-state index contributed by atoms with van der Waals surface area (Å²) in [6, 6.07) is 0.423. The number of nitrogens with zero attached hydrogens (tertiary/aromatic N) is 1. The molecule has 3 fully saturated rings. The lowest BCUT2D eigenvalue weighted by molar-refractivity contribution is -0.230. The predicted molar refractivity (Wildman–Crippen MR) is 43.3 cm³/mol. The minimum atomic E-state index is -2.34. The topological polar surface area (TPSA) is 3.24 Å². The molecule has 0 radical (unpaired) electrons. The second-order valence-electron chi connectivity index (χ2n) is 4.35. The molecule has 2 bridgehead atoms. The van der Waals surface area contributed by atoms with Crippen LogP contribution in [-0.4, -0.2) is 30.0 Å². The van der Waals surface area contributed by atoms with Gasteiger partial charge in [0.25, 0.3) is 5.92 Å². The highest BCUT2D eigenvalue weighted by molar-refractivity contribution is 5.03. The van der Waals surface area contributed by atoms with Gasteiger partial charge in [0.05, 0.1) is 0 Å². The van der Waals surface area contributed by atoms with Crippen LogP contribution in [0.4, 0.5) is 8.78 Å². The van der Waals surface area contributed by atoms with Gasteiger partial charge in [0, 0.05) is 31.0 Å². The van der Waals surface area contributed by atoms with E-state index < -0.39 is 5.92 Å². The Bertz CT molecular complexity index is 177. The zero-order valence-corrected chi connectivity index (χ0v) is 7.56. The van der Waals surface area contributed by atoms with Crippen LogP contribution in [0.25, 0.3) is 0 Å². The van der Waals surface area contributed by atoms with E-state index in [2.05, 4.69) is 18.7 Å². The highest BCUT2D eigenvalue weighted by atomic mass is 19.3. The summed E-state index contributed by atoms with van der Waals surface area (Å²) in [5.74, 6) is -3.04. The van der Waals surface area contributed by atoms with E-state index >= 15 is 0 Å². The molecule has 12 heavy (non-hydrogen) atoms. The fourth-order valence-electron chi connectivity index (χ4n) is 2.29. The summed E-state index contributed by atoms with van der Waals surface area (Å²) in [5.41, 5.74) is 0. The number of hydrogen-bond acceptors (Lipinski definition) is 1. The average Bonchev–Trinajstić information content (AvgIpc) is 2.04. The summed E-state index contributed by atoms with van der Waals surface area (Å²) >= 11 is 0. The molecule has 0 amide bonds. The molecule has 0 aromatic rings. The second-order valence-corrected chi connectivity index (χ2v) is 4.35. The van der Waals surface area contributed by atoms with Crippen molar-refractivity contribution < 1.29 is 8.78 Å². The maximum absolute atomic E-state index is 13.1. The molecule has 2 aliphatic heterocycles. The lowest BCUT2D eigenvalue weighted by Crippen LogP contribution is -2.63. The van der Waals surface area contributed by atoms with Gasteiger partial charge in [-0.3, -0.25) is 4.90 Å². The predicted octanol–water partition coefficient (Wildman–Crippen LogP) is 1.98. The van der Waals surface area contributed by atoms with Crippen LogP contribution >= 0.6 is 0 Å². The van der Waals surface area contributed by atoms with Crippen LogP contribution in [0.3, 0.4) is 0 Å². The van der Waals surface area contributed by atoms with Gasteiger partial charge in [-0.1, -0.05) is 0 Å². The molecule has 2 unspecified atom stereocenters. The van der Waals surface area contributed by atoms with Crippen molar-refractivity contribution in [1.82, 2.24) is 4.90 Å². The molecule has 1 aliphatic carbocycles. The van der Waals surface area contributed by atoms with Gasteiger partial charge >= 0.3 is 0 Å². The summed E-state index contributed by atoms with van der Waals surface area (Å²) in [6.45, 7) is 5.34. The van der Waals surface area contributed by atoms with Crippen molar-refractivity contribution in [3.05, 3.63) is 0 Å². The Hall–Kier alpha value is -0.180. The monoisotopic (exact) mass is 175 g/mol. The fourth-order valence-corrected chi connectivity index (χ4v) is 2.29. The van der Waals surface area contributed by atoms with Gasteiger partial charge in [-0.25, -0.2) is 8.78 Å². The first-order valence-electron chi connectivity index (χ1n) is 4.63. The normalized spacial score (nSPS) is 39.8. The number of rotatable bonds is 1. The summed E-state index contributed by atoms with van der Waals surface area (Å²) in [4.78, 5) is 2.16. The third-order valence-electron chi connectivity index (χ3n) is 3.30. The molecular formula is C9H15F2N. The van der Waals surface area contributed by atoms with E-state index in [9.17, 15) is 8.78 Å². The van der Waals surface area contributed by atoms with Crippen LogP contribution < -0.4 is 0 Å². The van der Waals surface area contributed by atoms with Crippen molar-refractivity contribution in [1.29, 1.82) is 0 Å². The van der Waals surface area contributed by atoms with Crippen molar-refractivity contribution in [2.45, 2.75) is 32.2 Å². The minimum Gasteiger partial charge on any atom is -0.300 e. The van der Waals surface area contributed by atoms with Crippen LogP contribution in [0.15, 0.2) is 0 Å². The second kappa shape index (κ2) is 2.41. The van der Waals surface area contributed by atoms with Gasteiger partial charge in [0.15, 0.2) is 0 Å². The summed E-state index contributed by atoms with van der Waals surface area (Å²) in [7, 11) is 0. The lowest BCUT2D eigenvalue weighted by Gasteiger charge is -2.54. The molecule has 0 aromatic heterocycles. The Kier molecular flexibility index (Phi) is 1.69. The molecule has 3 aliphatic rings. The fraction of sp³-hybridized carbons (Fsp3) is 1.00. The van der Waals surface area contributed by atoms with Crippen LogP contribution in [0.2, 0.25) is 0 Å². The smallest absolute Gasteiger partial charge is 0.256 e. The summed E-state index contributed by atoms with van der Waals surface area (Å²) in [5, 5.41) is 0. The van der Waals surface area contributed by atoms with E-state index in [1.807, 2.05) is 0 Å². The first-order valence-corrected chi connectivity index (χ1v) is 4.63. The van der Waals surface area contributed by atoms with Gasteiger partial charge in [0.2, 0.25) is 0 Å². The van der Waals surface area contributed by atoms with Crippen molar-refractivity contribution in [3.8, 4) is 0 Å². The SMILES string of the molecule is CC(C)N1CC2CC(C1)C2(F)F. The molecule has 70 valence electrons. The van der Waals surface area contributed by atoms with Gasteiger partial charge in [-0.15, -0.1) is 0 Å². The molecule has 0 spiro atoms. The van der Waals surface area contributed by atoms with E-state index in [0.717, 1.165) is 6.42 Å². The first kappa shape index (κ1) is 8.42. The number of halogens is 2. The standard InChI is InChI=1S/C9H15F2N/c1-6(2)12-4-7-3-8(5-12)9(7,10)11/h6-8H,3-5H2,1-2H3. The number of alkyl halides is 2. The Labute approximate surface area is 71.7 Å². The molecule has 2 saturated heterocycles. The van der Waals surface area contributed by atoms with E-state index in [0.29, 0.717) is 19.1 Å². The molecule has 2 atom stereocenters. The number of hydrogen-bond donors (Lipinski definition) is 0. The van der Waals surface area contributed by atoms with E-state index in [-0.39, 0.29) is 11.8 Å². The first-order chi connectivity index (χ1) is 5.51. The molecule has 3 heteroatoms. The number of piperidine rings is 2.